The largest absolute Gasteiger partial charge is 0.339 e. The maximum atomic E-state index is 6.24. The summed E-state index contributed by atoms with van der Waals surface area (Å²) in [6, 6.07) is 0. The van der Waals surface area contributed by atoms with E-state index < -0.39 is 5.54 Å². The minimum atomic E-state index is -0.455. The van der Waals surface area contributed by atoms with Crippen LogP contribution in [0.5, 0.6) is 0 Å². The molecule has 0 saturated carbocycles. The monoisotopic (exact) mass is 239 g/mol. The van der Waals surface area contributed by atoms with Crippen molar-refractivity contribution in [2.24, 2.45) is 5.73 Å². The van der Waals surface area contributed by atoms with Crippen LogP contribution >= 0.6 is 0 Å². The zero-order valence-electron chi connectivity index (χ0n) is 11.3. The maximum absolute atomic E-state index is 6.24. The lowest BCUT2D eigenvalue weighted by atomic mass is 9.94. The molecule has 1 rings (SSSR count). The SMILES string of the molecule is CCCCCCC(C)(N)c1noc(CCC)n1. The van der Waals surface area contributed by atoms with Crippen LogP contribution in [-0.2, 0) is 12.0 Å². The second kappa shape index (κ2) is 6.74. The Kier molecular flexibility index (Phi) is 5.62. The molecular weight excluding hydrogens is 214 g/mol. The van der Waals surface area contributed by atoms with Gasteiger partial charge in [-0.05, 0) is 19.8 Å². The first-order valence-electron chi connectivity index (χ1n) is 6.72. The fourth-order valence-electron chi connectivity index (χ4n) is 1.83. The van der Waals surface area contributed by atoms with Crippen molar-refractivity contribution in [1.82, 2.24) is 10.1 Å². The van der Waals surface area contributed by atoms with Crippen molar-refractivity contribution in [1.29, 1.82) is 0 Å². The number of rotatable bonds is 8. The van der Waals surface area contributed by atoms with Crippen LogP contribution in [0.25, 0.3) is 0 Å². The van der Waals surface area contributed by atoms with Gasteiger partial charge in [-0.25, -0.2) is 0 Å². The Balaban J connectivity index is 2.49. The lowest BCUT2D eigenvalue weighted by Gasteiger charge is -2.19. The molecule has 1 heterocycles. The molecule has 1 unspecified atom stereocenters. The van der Waals surface area contributed by atoms with Crippen LogP contribution in [0, 0.1) is 0 Å². The van der Waals surface area contributed by atoms with Gasteiger partial charge in [0.05, 0.1) is 5.54 Å². The Morgan fingerprint density at radius 1 is 1.18 bits per heavy atom. The fourth-order valence-corrected chi connectivity index (χ4v) is 1.83. The molecule has 2 N–H and O–H groups in total. The predicted octanol–water partition coefficient (Wildman–Crippen LogP) is 3.17. The molecule has 4 heteroatoms. The molecule has 98 valence electrons. The number of nitrogens with zero attached hydrogens (tertiary/aromatic N) is 2. The summed E-state index contributed by atoms with van der Waals surface area (Å²) in [5.41, 5.74) is 5.79. The van der Waals surface area contributed by atoms with Crippen LogP contribution in [0.2, 0.25) is 0 Å². The zero-order chi connectivity index (χ0) is 12.7. The molecule has 0 fully saturated rings. The van der Waals surface area contributed by atoms with E-state index in [4.69, 9.17) is 10.3 Å². The minimum Gasteiger partial charge on any atom is -0.339 e. The third-order valence-corrected chi connectivity index (χ3v) is 2.99. The van der Waals surface area contributed by atoms with Crippen molar-refractivity contribution in [2.75, 3.05) is 0 Å². The van der Waals surface area contributed by atoms with Gasteiger partial charge in [-0.2, -0.15) is 4.98 Å². The summed E-state index contributed by atoms with van der Waals surface area (Å²) in [7, 11) is 0. The average molecular weight is 239 g/mol. The molecule has 0 spiro atoms. The number of hydrogen-bond donors (Lipinski definition) is 1. The lowest BCUT2D eigenvalue weighted by Crippen LogP contribution is -2.34. The van der Waals surface area contributed by atoms with Gasteiger partial charge < -0.3 is 10.3 Å². The summed E-state index contributed by atoms with van der Waals surface area (Å²) in [5, 5.41) is 3.99. The first-order chi connectivity index (χ1) is 8.10. The molecule has 0 aliphatic carbocycles. The predicted molar refractivity (Wildman–Crippen MR) is 68.6 cm³/mol. The van der Waals surface area contributed by atoms with Crippen molar-refractivity contribution in [3.05, 3.63) is 11.7 Å². The standard InChI is InChI=1S/C13H25N3O/c1-4-6-7-8-10-13(3,14)12-15-11(9-5-2)17-16-12/h4-10,14H2,1-3H3. The van der Waals surface area contributed by atoms with Gasteiger partial charge in [-0.15, -0.1) is 0 Å². The topological polar surface area (TPSA) is 64.9 Å². The molecular formula is C13H25N3O. The molecule has 0 amide bonds. The summed E-state index contributed by atoms with van der Waals surface area (Å²) in [6.45, 7) is 6.29. The van der Waals surface area contributed by atoms with E-state index >= 15 is 0 Å². The van der Waals surface area contributed by atoms with Crippen molar-refractivity contribution in [3.8, 4) is 0 Å². The highest BCUT2D eigenvalue weighted by molar-refractivity contribution is 5.01. The van der Waals surface area contributed by atoms with Crippen molar-refractivity contribution < 1.29 is 4.52 Å². The van der Waals surface area contributed by atoms with E-state index in [0.29, 0.717) is 11.7 Å². The summed E-state index contributed by atoms with van der Waals surface area (Å²) in [4.78, 5) is 4.37. The van der Waals surface area contributed by atoms with E-state index in [1.54, 1.807) is 0 Å². The quantitative estimate of drug-likeness (QED) is 0.708. The number of aryl methyl sites for hydroxylation is 1. The molecule has 0 aliphatic heterocycles. The zero-order valence-corrected chi connectivity index (χ0v) is 11.3. The molecule has 0 aliphatic rings. The van der Waals surface area contributed by atoms with Crippen molar-refractivity contribution in [2.45, 2.75) is 71.3 Å². The van der Waals surface area contributed by atoms with Gasteiger partial charge in [0.2, 0.25) is 5.89 Å². The number of unbranched alkanes of at least 4 members (excludes halogenated alkanes) is 3. The van der Waals surface area contributed by atoms with Crippen LogP contribution in [0.1, 0.15) is 71.0 Å². The number of hydrogen-bond acceptors (Lipinski definition) is 4. The summed E-state index contributed by atoms with van der Waals surface area (Å²) >= 11 is 0. The average Bonchev–Trinajstić information content (AvgIpc) is 2.74. The first kappa shape index (κ1) is 14.2. The highest BCUT2D eigenvalue weighted by atomic mass is 16.5. The molecule has 0 radical (unpaired) electrons. The van der Waals surface area contributed by atoms with Gasteiger partial charge in [-0.1, -0.05) is 44.7 Å². The van der Waals surface area contributed by atoms with Crippen LogP contribution in [0.15, 0.2) is 4.52 Å². The first-order valence-corrected chi connectivity index (χ1v) is 6.72. The minimum absolute atomic E-state index is 0.455. The molecule has 0 bridgehead atoms. The summed E-state index contributed by atoms with van der Waals surface area (Å²) in [5.74, 6) is 1.35. The Labute approximate surface area is 104 Å². The Bertz CT molecular complexity index is 320. The van der Waals surface area contributed by atoms with Crippen molar-refractivity contribution >= 4 is 0 Å². The van der Waals surface area contributed by atoms with Crippen molar-refractivity contribution in [3.63, 3.8) is 0 Å². The van der Waals surface area contributed by atoms with Gasteiger partial charge in [0.1, 0.15) is 0 Å². The molecule has 1 aromatic rings. The van der Waals surface area contributed by atoms with E-state index in [9.17, 15) is 0 Å². The number of aromatic nitrogens is 2. The Morgan fingerprint density at radius 2 is 1.94 bits per heavy atom. The van der Waals surface area contributed by atoms with Crippen LogP contribution in [-0.4, -0.2) is 10.1 Å². The highest BCUT2D eigenvalue weighted by Crippen LogP contribution is 2.22. The lowest BCUT2D eigenvalue weighted by molar-refractivity contribution is 0.342. The van der Waals surface area contributed by atoms with E-state index in [-0.39, 0.29) is 0 Å². The Hall–Kier alpha value is -0.900. The second-order valence-electron chi connectivity index (χ2n) is 4.99. The highest BCUT2D eigenvalue weighted by Gasteiger charge is 2.26. The van der Waals surface area contributed by atoms with Gasteiger partial charge >= 0.3 is 0 Å². The second-order valence-corrected chi connectivity index (χ2v) is 4.99. The summed E-state index contributed by atoms with van der Waals surface area (Å²) in [6.07, 6.45) is 7.62. The van der Waals surface area contributed by atoms with Gasteiger partial charge in [0.15, 0.2) is 5.82 Å². The van der Waals surface area contributed by atoms with Crippen LogP contribution < -0.4 is 5.73 Å². The maximum Gasteiger partial charge on any atom is 0.226 e. The van der Waals surface area contributed by atoms with Gasteiger partial charge in [0.25, 0.3) is 0 Å². The molecule has 1 aromatic heterocycles. The molecule has 0 saturated heterocycles. The van der Waals surface area contributed by atoms with Crippen LogP contribution in [0.3, 0.4) is 0 Å². The Morgan fingerprint density at radius 3 is 2.59 bits per heavy atom. The third kappa shape index (κ3) is 4.46. The summed E-state index contributed by atoms with van der Waals surface area (Å²) < 4.78 is 5.18. The smallest absolute Gasteiger partial charge is 0.226 e. The van der Waals surface area contributed by atoms with Gasteiger partial charge in [-0.3, -0.25) is 0 Å². The van der Waals surface area contributed by atoms with E-state index in [1.165, 1.54) is 19.3 Å². The normalized spacial score (nSPS) is 14.8. The molecule has 0 aromatic carbocycles. The fraction of sp³-hybridized carbons (Fsp3) is 0.846. The molecule has 1 atom stereocenters. The number of nitrogens with two attached hydrogens (primary N) is 1. The van der Waals surface area contributed by atoms with E-state index in [2.05, 4.69) is 24.0 Å². The van der Waals surface area contributed by atoms with Crippen LogP contribution in [0.4, 0.5) is 0 Å². The van der Waals surface area contributed by atoms with Gasteiger partial charge in [0, 0.05) is 6.42 Å². The van der Waals surface area contributed by atoms with E-state index in [1.807, 2.05) is 6.92 Å². The third-order valence-electron chi connectivity index (χ3n) is 2.99. The van der Waals surface area contributed by atoms with E-state index in [0.717, 1.165) is 25.7 Å². The molecule has 17 heavy (non-hydrogen) atoms. The molecule has 4 nitrogen and oxygen atoms in total.